The van der Waals surface area contributed by atoms with Gasteiger partial charge in [-0.2, -0.15) is 0 Å². The highest BCUT2D eigenvalue weighted by Crippen LogP contribution is 2.42. The van der Waals surface area contributed by atoms with Crippen LogP contribution in [-0.4, -0.2) is 43.7 Å². The van der Waals surface area contributed by atoms with Gasteiger partial charge in [0, 0.05) is 18.5 Å². The second-order valence-electron chi connectivity index (χ2n) is 4.53. The molecule has 1 aliphatic carbocycles. The van der Waals surface area contributed by atoms with Crippen LogP contribution in [0.15, 0.2) is 0 Å². The minimum atomic E-state index is -0.0331. The number of amides is 1. The Morgan fingerprint density at radius 3 is 2.93 bits per heavy atom. The Hall–Kier alpha value is -0.650. The maximum absolute atomic E-state index is 11.6. The molecule has 0 bridgehead atoms. The maximum Gasteiger partial charge on any atom is 0.250 e. The summed E-state index contributed by atoms with van der Waals surface area (Å²) < 4.78 is 5.54. The van der Waals surface area contributed by atoms with Crippen LogP contribution in [0, 0.1) is 5.41 Å². The highest BCUT2D eigenvalue weighted by molar-refractivity contribution is 5.77. The van der Waals surface area contributed by atoms with Crippen molar-refractivity contribution < 1.29 is 14.4 Å². The highest BCUT2D eigenvalue weighted by Gasteiger charge is 2.41. The van der Waals surface area contributed by atoms with E-state index < -0.39 is 0 Å². The lowest BCUT2D eigenvalue weighted by Gasteiger charge is -2.42. The fourth-order valence-electron chi connectivity index (χ4n) is 2.35. The molecule has 2 aliphatic rings. The number of nitrogens with zero attached hydrogens (tertiary/aromatic N) is 1. The van der Waals surface area contributed by atoms with Gasteiger partial charge in [0.2, 0.25) is 0 Å². The Balaban J connectivity index is 1.95. The summed E-state index contributed by atoms with van der Waals surface area (Å²) in [5, 5.41) is 0. The van der Waals surface area contributed by atoms with E-state index in [0.717, 1.165) is 13.2 Å². The summed E-state index contributed by atoms with van der Waals surface area (Å²) in [5.74, 6) is 4.88. The number of carbonyl (C=O) groups is 1. The molecule has 0 aromatic heterocycles. The first kappa shape index (κ1) is 10.9. The molecule has 0 aromatic carbocycles. The van der Waals surface area contributed by atoms with Crippen LogP contribution in [0.2, 0.25) is 0 Å². The molecule has 1 heterocycles. The lowest BCUT2D eigenvalue weighted by molar-refractivity contribution is -0.138. The Morgan fingerprint density at radius 2 is 2.33 bits per heavy atom. The standard InChI is InChI=1S/C10H18N2O3/c11-15-6-9(13)12-4-5-14-8-10(7-12)2-1-3-10/h1-8,11H2. The topological polar surface area (TPSA) is 64.8 Å². The molecule has 86 valence electrons. The molecule has 1 spiro atoms. The minimum Gasteiger partial charge on any atom is -0.379 e. The zero-order valence-corrected chi connectivity index (χ0v) is 8.91. The van der Waals surface area contributed by atoms with E-state index in [9.17, 15) is 4.79 Å². The molecule has 2 fully saturated rings. The van der Waals surface area contributed by atoms with E-state index >= 15 is 0 Å². The van der Waals surface area contributed by atoms with Crippen LogP contribution in [0.25, 0.3) is 0 Å². The molecule has 5 nitrogen and oxygen atoms in total. The van der Waals surface area contributed by atoms with Gasteiger partial charge < -0.3 is 9.64 Å². The Bertz CT molecular complexity index is 241. The fraction of sp³-hybridized carbons (Fsp3) is 0.900. The molecule has 2 N–H and O–H groups in total. The largest absolute Gasteiger partial charge is 0.379 e. The molecule has 1 aliphatic heterocycles. The Kier molecular flexibility index (Phi) is 3.23. The van der Waals surface area contributed by atoms with E-state index in [2.05, 4.69) is 4.84 Å². The third-order valence-corrected chi connectivity index (χ3v) is 3.41. The molecule has 0 unspecified atom stereocenters. The van der Waals surface area contributed by atoms with Crippen molar-refractivity contribution in [3.63, 3.8) is 0 Å². The molecule has 0 radical (unpaired) electrons. The zero-order chi connectivity index (χ0) is 10.7. The van der Waals surface area contributed by atoms with E-state index in [1.165, 1.54) is 19.3 Å². The van der Waals surface area contributed by atoms with Gasteiger partial charge in [0.1, 0.15) is 6.61 Å². The quantitative estimate of drug-likeness (QED) is 0.652. The molecule has 0 atom stereocenters. The van der Waals surface area contributed by atoms with Gasteiger partial charge in [0.15, 0.2) is 0 Å². The molecular formula is C10H18N2O3. The van der Waals surface area contributed by atoms with Crippen LogP contribution in [0.1, 0.15) is 19.3 Å². The van der Waals surface area contributed by atoms with Gasteiger partial charge in [-0.05, 0) is 12.8 Å². The number of ether oxygens (including phenoxy) is 1. The zero-order valence-electron chi connectivity index (χ0n) is 8.91. The normalized spacial score (nSPS) is 24.7. The summed E-state index contributed by atoms with van der Waals surface area (Å²) >= 11 is 0. The van der Waals surface area contributed by atoms with Crippen molar-refractivity contribution in [1.29, 1.82) is 0 Å². The predicted molar refractivity (Wildman–Crippen MR) is 53.8 cm³/mol. The van der Waals surface area contributed by atoms with E-state index in [1.54, 1.807) is 0 Å². The molecule has 2 rings (SSSR count). The number of hydrogen-bond donors (Lipinski definition) is 1. The van der Waals surface area contributed by atoms with Gasteiger partial charge in [-0.1, -0.05) is 6.42 Å². The van der Waals surface area contributed by atoms with Crippen LogP contribution in [0.3, 0.4) is 0 Å². The van der Waals surface area contributed by atoms with E-state index in [4.69, 9.17) is 10.6 Å². The number of nitrogens with two attached hydrogens (primary N) is 1. The van der Waals surface area contributed by atoms with Crippen LogP contribution in [-0.2, 0) is 14.4 Å². The van der Waals surface area contributed by atoms with Crippen molar-refractivity contribution in [3.05, 3.63) is 0 Å². The number of hydrogen-bond acceptors (Lipinski definition) is 4. The van der Waals surface area contributed by atoms with Crippen molar-refractivity contribution in [2.45, 2.75) is 19.3 Å². The van der Waals surface area contributed by atoms with E-state index in [-0.39, 0.29) is 17.9 Å². The molecular weight excluding hydrogens is 196 g/mol. The summed E-state index contributed by atoms with van der Waals surface area (Å²) in [7, 11) is 0. The minimum absolute atomic E-state index is 0.0317. The van der Waals surface area contributed by atoms with Gasteiger partial charge >= 0.3 is 0 Å². The summed E-state index contributed by atoms with van der Waals surface area (Å²) in [4.78, 5) is 17.8. The summed E-state index contributed by atoms with van der Waals surface area (Å²) in [5.41, 5.74) is 0.223. The van der Waals surface area contributed by atoms with Crippen molar-refractivity contribution in [2.75, 3.05) is 32.9 Å². The van der Waals surface area contributed by atoms with Gasteiger partial charge in [0.05, 0.1) is 13.2 Å². The Morgan fingerprint density at radius 1 is 1.53 bits per heavy atom. The lowest BCUT2D eigenvalue weighted by Crippen LogP contribution is -2.46. The summed E-state index contributed by atoms with van der Waals surface area (Å²) in [6.07, 6.45) is 3.58. The van der Waals surface area contributed by atoms with E-state index in [0.29, 0.717) is 13.2 Å². The third kappa shape index (κ3) is 2.30. The number of rotatable bonds is 2. The monoisotopic (exact) mass is 214 g/mol. The third-order valence-electron chi connectivity index (χ3n) is 3.41. The first-order valence-electron chi connectivity index (χ1n) is 5.43. The van der Waals surface area contributed by atoms with Crippen LogP contribution in [0.4, 0.5) is 0 Å². The lowest BCUT2D eigenvalue weighted by atomic mass is 9.69. The van der Waals surface area contributed by atoms with Crippen LogP contribution < -0.4 is 5.90 Å². The summed E-state index contributed by atoms with van der Waals surface area (Å²) in [6, 6.07) is 0. The molecule has 0 aromatic rings. The second-order valence-corrected chi connectivity index (χ2v) is 4.53. The van der Waals surface area contributed by atoms with Crippen molar-refractivity contribution in [1.82, 2.24) is 4.90 Å². The van der Waals surface area contributed by atoms with Crippen molar-refractivity contribution in [3.8, 4) is 0 Å². The molecule has 1 saturated carbocycles. The van der Waals surface area contributed by atoms with Gasteiger partial charge in [-0.3, -0.25) is 9.63 Å². The van der Waals surface area contributed by atoms with Crippen molar-refractivity contribution in [2.24, 2.45) is 11.3 Å². The van der Waals surface area contributed by atoms with Crippen LogP contribution >= 0.6 is 0 Å². The van der Waals surface area contributed by atoms with Crippen LogP contribution in [0.5, 0.6) is 0 Å². The molecule has 15 heavy (non-hydrogen) atoms. The average molecular weight is 214 g/mol. The first-order valence-corrected chi connectivity index (χ1v) is 5.43. The fourth-order valence-corrected chi connectivity index (χ4v) is 2.35. The highest BCUT2D eigenvalue weighted by atomic mass is 16.6. The van der Waals surface area contributed by atoms with Gasteiger partial charge in [0.25, 0.3) is 5.91 Å². The summed E-state index contributed by atoms with van der Waals surface area (Å²) in [6.45, 7) is 2.84. The Labute approximate surface area is 89.5 Å². The molecule has 5 heteroatoms. The first-order chi connectivity index (χ1) is 7.26. The SMILES string of the molecule is NOCC(=O)N1CCOCC2(CCC2)C1. The number of carbonyl (C=O) groups excluding carboxylic acids is 1. The maximum atomic E-state index is 11.6. The second kappa shape index (κ2) is 4.47. The van der Waals surface area contributed by atoms with Gasteiger partial charge in [-0.15, -0.1) is 0 Å². The molecule has 1 saturated heterocycles. The van der Waals surface area contributed by atoms with Gasteiger partial charge in [-0.25, -0.2) is 5.90 Å². The average Bonchev–Trinajstić information content (AvgIpc) is 2.39. The van der Waals surface area contributed by atoms with Crippen molar-refractivity contribution >= 4 is 5.91 Å². The van der Waals surface area contributed by atoms with E-state index in [1.807, 2.05) is 4.90 Å². The smallest absolute Gasteiger partial charge is 0.250 e. The molecule has 1 amide bonds. The predicted octanol–water partition coefficient (Wildman–Crippen LogP) is -0.0942.